The Morgan fingerprint density at radius 2 is 2.00 bits per heavy atom. The molecule has 1 aliphatic rings. The maximum atomic E-state index is 13.2. The second-order valence-corrected chi connectivity index (χ2v) is 8.66. The van der Waals surface area contributed by atoms with Crippen LogP contribution >= 0.6 is 11.8 Å². The van der Waals surface area contributed by atoms with Crippen LogP contribution in [0.2, 0.25) is 0 Å². The summed E-state index contributed by atoms with van der Waals surface area (Å²) in [6.07, 6.45) is 1.80. The second-order valence-electron chi connectivity index (χ2n) is 7.71. The van der Waals surface area contributed by atoms with Crippen molar-refractivity contribution in [2.24, 2.45) is 0 Å². The number of anilines is 1. The van der Waals surface area contributed by atoms with Gasteiger partial charge in [-0.1, -0.05) is 36.0 Å². The molecule has 166 valence electrons. The van der Waals surface area contributed by atoms with E-state index in [0.29, 0.717) is 45.9 Å². The largest absolute Gasteiger partial charge is 0.443 e. The number of hydrogen-bond acceptors (Lipinski definition) is 7. The Labute approximate surface area is 193 Å². The third kappa shape index (κ3) is 4.23. The van der Waals surface area contributed by atoms with Crippen LogP contribution in [0.5, 0.6) is 0 Å². The summed E-state index contributed by atoms with van der Waals surface area (Å²) >= 11 is 1.18. The van der Waals surface area contributed by atoms with Crippen LogP contribution in [0, 0.1) is 11.3 Å². The van der Waals surface area contributed by atoms with Crippen LogP contribution in [0.3, 0.4) is 0 Å². The summed E-state index contributed by atoms with van der Waals surface area (Å²) < 4.78 is 12.8. The van der Waals surface area contributed by atoms with Crippen LogP contribution in [0.25, 0.3) is 21.9 Å². The van der Waals surface area contributed by atoms with Gasteiger partial charge in [0.1, 0.15) is 17.3 Å². The lowest BCUT2D eigenvalue weighted by atomic mass is 10.2. The molecule has 1 atom stereocenters. The number of thioether (sulfide) groups is 1. The van der Waals surface area contributed by atoms with Crippen molar-refractivity contribution in [2.45, 2.75) is 30.6 Å². The lowest BCUT2D eigenvalue weighted by Gasteiger charge is -2.16. The van der Waals surface area contributed by atoms with Gasteiger partial charge in [0.05, 0.1) is 29.3 Å². The molecule has 0 unspecified atom stereocenters. The number of para-hydroxylation sites is 2. The maximum Gasteiger partial charge on any atom is 0.262 e. The molecule has 0 bridgehead atoms. The highest BCUT2D eigenvalue weighted by Gasteiger charge is 2.21. The third-order valence-corrected chi connectivity index (χ3v) is 6.51. The highest BCUT2D eigenvalue weighted by molar-refractivity contribution is 7.99. The molecule has 0 aliphatic carbocycles. The van der Waals surface area contributed by atoms with Gasteiger partial charge in [0.2, 0.25) is 11.7 Å². The molecular weight excluding hydrogens is 440 g/mol. The van der Waals surface area contributed by atoms with E-state index in [2.05, 4.69) is 10.3 Å². The minimum atomic E-state index is -0.325. The van der Waals surface area contributed by atoms with Crippen molar-refractivity contribution in [1.82, 2.24) is 9.55 Å². The van der Waals surface area contributed by atoms with E-state index in [-0.39, 0.29) is 29.1 Å². The van der Waals surface area contributed by atoms with Gasteiger partial charge in [0, 0.05) is 12.0 Å². The van der Waals surface area contributed by atoms with Gasteiger partial charge in [-0.15, -0.1) is 0 Å². The van der Waals surface area contributed by atoms with Crippen molar-refractivity contribution >= 4 is 45.2 Å². The minimum Gasteiger partial charge on any atom is -0.443 e. The molecule has 1 aliphatic heterocycles. The number of carbonyl (C=O) groups is 1. The van der Waals surface area contributed by atoms with Gasteiger partial charge in [-0.2, -0.15) is 5.26 Å². The van der Waals surface area contributed by atoms with Crippen molar-refractivity contribution in [3.05, 3.63) is 64.6 Å². The number of furan rings is 1. The van der Waals surface area contributed by atoms with Gasteiger partial charge in [0.15, 0.2) is 5.16 Å². The predicted molar refractivity (Wildman–Crippen MR) is 125 cm³/mol. The molecule has 0 spiro atoms. The summed E-state index contributed by atoms with van der Waals surface area (Å²) in [5.74, 6) is -0.261. The van der Waals surface area contributed by atoms with E-state index in [1.165, 1.54) is 11.8 Å². The molecule has 1 saturated heterocycles. The number of amides is 1. The number of aromatic nitrogens is 2. The number of benzene rings is 2. The van der Waals surface area contributed by atoms with Crippen molar-refractivity contribution in [1.29, 1.82) is 5.26 Å². The molecule has 3 heterocycles. The number of ether oxygens (including phenoxy) is 1. The highest BCUT2D eigenvalue weighted by atomic mass is 32.2. The van der Waals surface area contributed by atoms with Crippen LogP contribution < -0.4 is 10.9 Å². The normalized spacial score (nSPS) is 15.7. The minimum absolute atomic E-state index is 0.0146. The number of fused-ring (bicyclic) bond motifs is 2. The molecular formula is C24H20N4O4S. The zero-order chi connectivity index (χ0) is 22.8. The summed E-state index contributed by atoms with van der Waals surface area (Å²) in [6.45, 7) is 1.08. The zero-order valence-corrected chi connectivity index (χ0v) is 18.4. The Bertz CT molecular complexity index is 1450. The fraction of sp³-hybridized carbons (Fsp3) is 0.250. The number of rotatable bonds is 6. The van der Waals surface area contributed by atoms with Gasteiger partial charge < -0.3 is 14.5 Å². The predicted octanol–water partition coefficient (Wildman–Crippen LogP) is 3.92. The Morgan fingerprint density at radius 1 is 1.21 bits per heavy atom. The van der Waals surface area contributed by atoms with Crippen LogP contribution in [0.15, 0.2) is 62.9 Å². The standard InChI is InChI=1S/C24H20N4O4S/c25-12-20-22(17-8-2-4-10-19(17)32-20)27-21(29)14-33-24-26-18-9-3-1-7-16(18)23(30)28(24)13-15-6-5-11-31-15/h1-4,7-10,15H,5-6,11,13-14H2,(H,27,29)/t15-/m0/s1. The summed E-state index contributed by atoms with van der Waals surface area (Å²) in [4.78, 5) is 30.6. The monoisotopic (exact) mass is 460 g/mol. The average Bonchev–Trinajstić information content (AvgIpc) is 3.48. The Morgan fingerprint density at radius 3 is 2.79 bits per heavy atom. The van der Waals surface area contributed by atoms with E-state index >= 15 is 0 Å². The molecule has 4 aromatic rings. The number of hydrogen-bond donors (Lipinski definition) is 1. The van der Waals surface area contributed by atoms with E-state index in [4.69, 9.17) is 9.15 Å². The maximum absolute atomic E-state index is 13.2. The number of carbonyl (C=O) groups excluding carboxylic acids is 1. The number of nitriles is 1. The molecule has 33 heavy (non-hydrogen) atoms. The molecule has 5 rings (SSSR count). The van der Waals surface area contributed by atoms with Crippen molar-refractivity contribution < 1.29 is 13.9 Å². The molecule has 1 fully saturated rings. The summed E-state index contributed by atoms with van der Waals surface area (Å²) in [5, 5.41) is 13.8. The van der Waals surface area contributed by atoms with E-state index in [9.17, 15) is 14.9 Å². The lowest BCUT2D eigenvalue weighted by molar-refractivity contribution is -0.113. The van der Waals surface area contributed by atoms with E-state index in [0.717, 1.165) is 12.8 Å². The van der Waals surface area contributed by atoms with Gasteiger partial charge in [-0.05, 0) is 37.1 Å². The highest BCUT2D eigenvalue weighted by Crippen LogP contribution is 2.30. The zero-order valence-electron chi connectivity index (χ0n) is 17.6. The summed E-state index contributed by atoms with van der Waals surface area (Å²) in [7, 11) is 0. The molecule has 1 amide bonds. The van der Waals surface area contributed by atoms with Gasteiger partial charge in [-0.25, -0.2) is 4.98 Å². The Kier molecular flexibility index (Phi) is 5.86. The average molecular weight is 461 g/mol. The number of nitrogens with zero attached hydrogens (tertiary/aromatic N) is 3. The topological polar surface area (TPSA) is 110 Å². The SMILES string of the molecule is N#Cc1oc2ccccc2c1NC(=O)CSc1nc2ccccc2c(=O)n1C[C@@H]1CCCO1. The first-order valence-corrected chi connectivity index (χ1v) is 11.6. The van der Waals surface area contributed by atoms with Gasteiger partial charge >= 0.3 is 0 Å². The molecule has 1 N–H and O–H groups in total. The molecule has 2 aromatic carbocycles. The fourth-order valence-corrected chi connectivity index (χ4v) is 4.77. The van der Waals surface area contributed by atoms with Gasteiger partial charge in [0.25, 0.3) is 5.56 Å². The molecule has 0 saturated carbocycles. The van der Waals surface area contributed by atoms with E-state index in [1.807, 2.05) is 24.3 Å². The van der Waals surface area contributed by atoms with Crippen LogP contribution in [0.4, 0.5) is 5.69 Å². The summed E-state index contributed by atoms with van der Waals surface area (Å²) in [6, 6.07) is 16.3. The molecule has 9 heteroatoms. The summed E-state index contributed by atoms with van der Waals surface area (Å²) in [5.41, 5.74) is 1.31. The van der Waals surface area contributed by atoms with Crippen molar-refractivity contribution in [3.63, 3.8) is 0 Å². The Balaban J connectivity index is 1.40. The third-order valence-electron chi connectivity index (χ3n) is 5.53. The fourth-order valence-electron chi connectivity index (χ4n) is 3.96. The van der Waals surface area contributed by atoms with E-state index in [1.54, 1.807) is 34.9 Å². The van der Waals surface area contributed by atoms with Gasteiger partial charge in [-0.3, -0.25) is 14.2 Å². The molecule has 0 radical (unpaired) electrons. The van der Waals surface area contributed by atoms with Crippen molar-refractivity contribution in [2.75, 3.05) is 17.7 Å². The van der Waals surface area contributed by atoms with E-state index < -0.39 is 0 Å². The molecule has 2 aromatic heterocycles. The van der Waals surface area contributed by atoms with Crippen molar-refractivity contribution in [3.8, 4) is 6.07 Å². The molecule has 8 nitrogen and oxygen atoms in total. The Hall–Kier alpha value is -3.61. The quantitative estimate of drug-likeness (QED) is 0.343. The first-order valence-electron chi connectivity index (χ1n) is 10.6. The first kappa shape index (κ1) is 21.2. The smallest absolute Gasteiger partial charge is 0.262 e. The van der Waals surface area contributed by atoms with Crippen LogP contribution in [-0.4, -0.2) is 33.9 Å². The van der Waals surface area contributed by atoms with Crippen LogP contribution in [-0.2, 0) is 16.1 Å². The van der Waals surface area contributed by atoms with Crippen LogP contribution in [0.1, 0.15) is 18.6 Å². The number of nitrogens with one attached hydrogen (secondary N) is 1. The lowest BCUT2D eigenvalue weighted by Crippen LogP contribution is -2.29. The second kappa shape index (κ2) is 9.10. The first-order chi connectivity index (χ1) is 16.1.